The normalized spacial score (nSPS) is 12.2. The maximum absolute atomic E-state index is 5.14. The third-order valence-corrected chi connectivity index (χ3v) is 6.81. The Hall–Kier alpha value is -4.82. The van der Waals surface area contributed by atoms with E-state index in [-0.39, 0.29) is 0 Å². The number of hydrogen-bond donors (Lipinski definition) is 0. The van der Waals surface area contributed by atoms with Gasteiger partial charge in [0.25, 0.3) is 0 Å². The Morgan fingerprint density at radius 3 is 1.17 bits per heavy atom. The van der Waals surface area contributed by atoms with E-state index in [9.17, 15) is 0 Å². The van der Waals surface area contributed by atoms with Gasteiger partial charge >= 0.3 is 0 Å². The molecule has 0 N–H and O–H groups in total. The molecule has 168 valence electrons. The highest BCUT2D eigenvalue weighted by atomic mass is 14.7. The van der Waals surface area contributed by atoms with Crippen molar-refractivity contribution in [3.63, 3.8) is 0 Å². The average Bonchev–Trinajstić information content (AvgIpc) is 3.61. The number of aromatic nitrogens is 2. The number of hydrogen-bond acceptors (Lipinski definition) is 2. The summed E-state index contributed by atoms with van der Waals surface area (Å²) in [5, 5.41) is 4.45. The lowest BCUT2D eigenvalue weighted by atomic mass is 9.99. The van der Waals surface area contributed by atoms with Gasteiger partial charge in [-0.3, -0.25) is 0 Å². The second-order valence-electron chi connectivity index (χ2n) is 9.07. The molecule has 3 heterocycles. The van der Waals surface area contributed by atoms with Crippen molar-refractivity contribution in [3.8, 4) is 22.3 Å². The third kappa shape index (κ3) is 3.52. The first kappa shape index (κ1) is 20.5. The molecular formula is C34H22N2. The summed E-state index contributed by atoms with van der Waals surface area (Å²) in [5.74, 6) is 0. The van der Waals surface area contributed by atoms with E-state index in [2.05, 4.69) is 133 Å². The molecule has 0 aliphatic carbocycles. The van der Waals surface area contributed by atoms with Gasteiger partial charge in [0.2, 0.25) is 0 Å². The minimum Gasteiger partial charge on any atom is -0.248 e. The third-order valence-electron chi connectivity index (χ3n) is 6.81. The van der Waals surface area contributed by atoms with Gasteiger partial charge in [0.1, 0.15) is 0 Å². The molecule has 4 aromatic carbocycles. The molecule has 5 aromatic rings. The predicted octanol–water partition coefficient (Wildman–Crippen LogP) is 8.77. The molecule has 0 amide bonds. The first-order valence-corrected chi connectivity index (χ1v) is 12.2. The van der Waals surface area contributed by atoms with Crippen LogP contribution in [-0.4, -0.2) is 9.97 Å². The molecule has 2 nitrogen and oxygen atoms in total. The topological polar surface area (TPSA) is 25.8 Å². The van der Waals surface area contributed by atoms with Gasteiger partial charge in [0.05, 0.1) is 22.8 Å². The van der Waals surface area contributed by atoms with Gasteiger partial charge < -0.3 is 0 Å². The zero-order valence-electron chi connectivity index (χ0n) is 19.6. The van der Waals surface area contributed by atoms with Gasteiger partial charge in [0, 0.05) is 21.9 Å². The van der Waals surface area contributed by atoms with Crippen LogP contribution < -0.4 is 0 Å². The quantitative estimate of drug-likeness (QED) is 0.259. The Bertz CT molecular complexity index is 1680. The van der Waals surface area contributed by atoms with Crippen LogP contribution in [0.15, 0.2) is 109 Å². The molecule has 0 unspecified atom stereocenters. The second-order valence-corrected chi connectivity index (χ2v) is 9.07. The van der Waals surface area contributed by atoms with E-state index in [1.165, 1.54) is 0 Å². The molecule has 2 aliphatic heterocycles. The fourth-order valence-electron chi connectivity index (χ4n) is 5.13. The monoisotopic (exact) mass is 458 g/mol. The SMILES string of the molecule is C1=Cc2nc1c(-c1ccccc1)c1cccc(c1)c1nc(c(-c3ccccc3)c3cccc2c3)C=C1. The summed E-state index contributed by atoms with van der Waals surface area (Å²) >= 11 is 0. The van der Waals surface area contributed by atoms with Gasteiger partial charge in [-0.15, -0.1) is 0 Å². The molecule has 36 heavy (non-hydrogen) atoms. The smallest absolute Gasteiger partial charge is 0.0722 e. The summed E-state index contributed by atoms with van der Waals surface area (Å²) in [6.07, 6.45) is 8.52. The lowest BCUT2D eigenvalue weighted by molar-refractivity contribution is 1.33. The summed E-state index contributed by atoms with van der Waals surface area (Å²) in [7, 11) is 0. The molecule has 0 fully saturated rings. The maximum Gasteiger partial charge on any atom is 0.0722 e. The second kappa shape index (κ2) is 8.44. The van der Waals surface area contributed by atoms with Crippen LogP contribution in [0.25, 0.3) is 68.1 Å². The number of nitrogens with zero attached hydrogens (tertiary/aromatic N) is 2. The van der Waals surface area contributed by atoms with Crippen LogP contribution in [0, 0.1) is 0 Å². The molecule has 0 atom stereocenters. The van der Waals surface area contributed by atoms with Crippen molar-refractivity contribution in [2.75, 3.05) is 0 Å². The van der Waals surface area contributed by atoms with E-state index >= 15 is 0 Å². The van der Waals surface area contributed by atoms with Crippen molar-refractivity contribution in [1.82, 2.24) is 9.97 Å². The van der Waals surface area contributed by atoms with Crippen LogP contribution in [-0.2, 0) is 0 Å². The van der Waals surface area contributed by atoms with Crippen molar-refractivity contribution in [3.05, 3.63) is 132 Å². The van der Waals surface area contributed by atoms with Crippen molar-refractivity contribution < 1.29 is 0 Å². The molecule has 8 bridgehead atoms. The zero-order valence-corrected chi connectivity index (χ0v) is 19.6. The molecule has 2 heteroatoms. The van der Waals surface area contributed by atoms with E-state index in [0.717, 1.165) is 66.6 Å². The molecule has 1 aromatic heterocycles. The Kier molecular flexibility index (Phi) is 4.82. The highest BCUT2D eigenvalue weighted by molar-refractivity contribution is 5.98. The van der Waals surface area contributed by atoms with E-state index in [1.807, 2.05) is 0 Å². The zero-order chi connectivity index (χ0) is 23.9. The number of rotatable bonds is 2. The summed E-state index contributed by atoms with van der Waals surface area (Å²) in [5.41, 5.74) is 8.43. The van der Waals surface area contributed by atoms with Gasteiger partial charge in [-0.2, -0.15) is 0 Å². The van der Waals surface area contributed by atoms with Crippen LogP contribution in [0.3, 0.4) is 0 Å². The van der Waals surface area contributed by atoms with E-state index in [0.29, 0.717) is 0 Å². The molecule has 7 rings (SSSR count). The molecule has 2 aliphatic rings. The maximum atomic E-state index is 5.14. The van der Waals surface area contributed by atoms with Crippen LogP contribution in [0.2, 0.25) is 0 Å². The largest absolute Gasteiger partial charge is 0.248 e. The molecular weight excluding hydrogens is 436 g/mol. The molecule has 0 radical (unpaired) electrons. The molecule has 0 saturated heterocycles. The summed E-state index contributed by atoms with van der Waals surface area (Å²) in [4.78, 5) is 10.3. The Morgan fingerprint density at radius 1 is 0.333 bits per heavy atom. The highest BCUT2D eigenvalue weighted by Gasteiger charge is 2.14. The van der Waals surface area contributed by atoms with Crippen LogP contribution >= 0.6 is 0 Å². The molecule has 0 spiro atoms. The van der Waals surface area contributed by atoms with Crippen molar-refractivity contribution in [1.29, 1.82) is 0 Å². The van der Waals surface area contributed by atoms with Gasteiger partial charge in [0.15, 0.2) is 0 Å². The average molecular weight is 459 g/mol. The fraction of sp³-hybridized carbons (Fsp3) is 0. The Balaban J connectivity index is 1.68. The molecule has 0 saturated carbocycles. The number of benzene rings is 4. The van der Waals surface area contributed by atoms with Crippen molar-refractivity contribution in [2.24, 2.45) is 0 Å². The van der Waals surface area contributed by atoms with Crippen LogP contribution in [0.4, 0.5) is 0 Å². The summed E-state index contributed by atoms with van der Waals surface area (Å²) in [6, 6.07) is 38.3. The minimum absolute atomic E-state index is 0.970. The Labute approximate surface area is 209 Å². The van der Waals surface area contributed by atoms with Gasteiger partial charge in [-0.25, -0.2) is 9.97 Å². The van der Waals surface area contributed by atoms with Crippen molar-refractivity contribution in [2.45, 2.75) is 0 Å². The highest BCUT2D eigenvalue weighted by Crippen LogP contribution is 2.34. The number of fused-ring (bicyclic) bond motifs is 10. The lowest BCUT2D eigenvalue weighted by Gasteiger charge is -2.07. The lowest BCUT2D eigenvalue weighted by Crippen LogP contribution is -1.87. The minimum atomic E-state index is 0.970. The predicted molar refractivity (Wildman–Crippen MR) is 152 cm³/mol. The summed E-state index contributed by atoms with van der Waals surface area (Å²) in [6.45, 7) is 0. The first-order chi connectivity index (χ1) is 17.8. The summed E-state index contributed by atoms with van der Waals surface area (Å²) < 4.78 is 0. The van der Waals surface area contributed by atoms with Gasteiger partial charge in [-0.1, -0.05) is 97.1 Å². The van der Waals surface area contributed by atoms with E-state index in [4.69, 9.17) is 9.97 Å². The van der Waals surface area contributed by atoms with Crippen molar-refractivity contribution >= 4 is 45.8 Å². The fourth-order valence-corrected chi connectivity index (χ4v) is 5.13. The van der Waals surface area contributed by atoms with E-state index < -0.39 is 0 Å². The van der Waals surface area contributed by atoms with Gasteiger partial charge in [-0.05, 0) is 58.3 Å². The standard InChI is InChI=1S/C34H22N2/c1-3-9-23(10-4-1)33-27-15-7-13-25(21-27)30-18-20-32(36-30)34(24-11-5-2-6-12-24)28-16-8-14-26(22-28)29-17-19-31(33)35-29/h1-22H. The van der Waals surface area contributed by atoms with Crippen LogP contribution in [0.1, 0.15) is 22.8 Å². The van der Waals surface area contributed by atoms with E-state index in [1.54, 1.807) is 0 Å². The first-order valence-electron chi connectivity index (χ1n) is 12.2. The van der Waals surface area contributed by atoms with Crippen LogP contribution in [0.5, 0.6) is 0 Å². The Morgan fingerprint density at radius 2 is 0.722 bits per heavy atom.